The highest BCUT2D eigenvalue weighted by molar-refractivity contribution is 7.07. The Bertz CT molecular complexity index is 1590. The Balaban J connectivity index is 1.82. The number of fused-ring (bicyclic) bond motifs is 1. The third-order valence-corrected chi connectivity index (χ3v) is 6.97. The first-order valence-electron chi connectivity index (χ1n) is 12.4. The van der Waals surface area contributed by atoms with Crippen LogP contribution in [-0.2, 0) is 14.3 Å². The lowest BCUT2D eigenvalue weighted by Crippen LogP contribution is -2.40. The first kappa shape index (κ1) is 27.8. The third-order valence-electron chi connectivity index (χ3n) is 5.98. The molecule has 1 aliphatic heterocycles. The standard InChI is InChI=1S/C30H30N2O6S/c1-6-15-37-23-13-7-20(8-14-23)16-24-27(33)32-26(21-9-11-22(12-10-21)28(34)36-5)25(19(4)31-30(32)39-24)29(35)38-17-18(2)3/h6-14,16,18,26H,1,15,17H2,2-5H3. The molecular weight excluding hydrogens is 516 g/mol. The van der Waals surface area contributed by atoms with Gasteiger partial charge in [0.15, 0.2) is 4.80 Å². The normalized spacial score (nSPS) is 15.0. The summed E-state index contributed by atoms with van der Waals surface area (Å²) in [6.45, 7) is 9.92. The molecule has 0 radical (unpaired) electrons. The van der Waals surface area contributed by atoms with Crippen molar-refractivity contribution in [2.75, 3.05) is 20.3 Å². The van der Waals surface area contributed by atoms with Crippen molar-refractivity contribution in [3.05, 3.63) is 109 Å². The van der Waals surface area contributed by atoms with Crippen LogP contribution in [0, 0.1) is 5.92 Å². The molecule has 1 aliphatic rings. The van der Waals surface area contributed by atoms with E-state index < -0.39 is 18.0 Å². The largest absolute Gasteiger partial charge is 0.490 e. The fraction of sp³-hybridized carbons (Fsp3) is 0.267. The minimum Gasteiger partial charge on any atom is -0.490 e. The van der Waals surface area contributed by atoms with Crippen LogP contribution >= 0.6 is 11.3 Å². The number of thiazole rings is 1. The average Bonchev–Trinajstić information content (AvgIpc) is 3.24. The van der Waals surface area contributed by atoms with Crippen LogP contribution in [-0.4, -0.2) is 36.8 Å². The van der Waals surface area contributed by atoms with Gasteiger partial charge in [0, 0.05) is 0 Å². The van der Waals surface area contributed by atoms with Gasteiger partial charge in [-0.15, -0.1) is 0 Å². The van der Waals surface area contributed by atoms with Gasteiger partial charge >= 0.3 is 11.9 Å². The highest BCUT2D eigenvalue weighted by atomic mass is 32.1. The van der Waals surface area contributed by atoms with Crippen molar-refractivity contribution in [2.45, 2.75) is 26.8 Å². The van der Waals surface area contributed by atoms with E-state index in [-0.39, 0.29) is 23.7 Å². The summed E-state index contributed by atoms with van der Waals surface area (Å²) in [4.78, 5) is 44.1. The molecule has 202 valence electrons. The first-order valence-corrected chi connectivity index (χ1v) is 13.3. The van der Waals surface area contributed by atoms with Crippen LogP contribution in [0.5, 0.6) is 5.75 Å². The van der Waals surface area contributed by atoms with Gasteiger partial charge in [-0.25, -0.2) is 14.6 Å². The van der Waals surface area contributed by atoms with E-state index in [9.17, 15) is 14.4 Å². The summed E-state index contributed by atoms with van der Waals surface area (Å²) in [6.07, 6.45) is 3.46. The number of carbonyl (C=O) groups is 2. The van der Waals surface area contributed by atoms with Crippen molar-refractivity contribution in [1.29, 1.82) is 0 Å². The second-order valence-electron chi connectivity index (χ2n) is 9.36. The van der Waals surface area contributed by atoms with Crippen molar-refractivity contribution >= 4 is 29.4 Å². The van der Waals surface area contributed by atoms with Crippen LogP contribution in [0.25, 0.3) is 6.08 Å². The molecule has 1 unspecified atom stereocenters. The van der Waals surface area contributed by atoms with Crippen molar-refractivity contribution in [3.8, 4) is 5.75 Å². The Hall–Kier alpha value is -4.24. The Morgan fingerprint density at radius 2 is 1.79 bits per heavy atom. The van der Waals surface area contributed by atoms with Crippen LogP contribution < -0.4 is 19.6 Å². The summed E-state index contributed by atoms with van der Waals surface area (Å²) in [5.41, 5.74) is 2.29. The average molecular weight is 547 g/mol. The summed E-state index contributed by atoms with van der Waals surface area (Å²) in [5.74, 6) is -0.169. The maximum absolute atomic E-state index is 13.8. The lowest BCUT2D eigenvalue weighted by molar-refractivity contribution is -0.140. The molecule has 0 spiro atoms. The van der Waals surface area contributed by atoms with Gasteiger partial charge in [-0.2, -0.15) is 0 Å². The van der Waals surface area contributed by atoms with Gasteiger partial charge < -0.3 is 14.2 Å². The van der Waals surface area contributed by atoms with E-state index in [0.717, 1.165) is 5.56 Å². The predicted octanol–water partition coefficient (Wildman–Crippen LogP) is 3.79. The number of benzene rings is 2. The summed E-state index contributed by atoms with van der Waals surface area (Å²) < 4.78 is 17.9. The second kappa shape index (κ2) is 12.1. The molecule has 1 aromatic heterocycles. The van der Waals surface area contributed by atoms with Gasteiger partial charge in [-0.05, 0) is 54.3 Å². The van der Waals surface area contributed by atoms with Crippen LogP contribution in [0.1, 0.15) is 48.3 Å². The fourth-order valence-corrected chi connectivity index (χ4v) is 5.15. The van der Waals surface area contributed by atoms with E-state index in [2.05, 4.69) is 11.6 Å². The highest BCUT2D eigenvalue weighted by Gasteiger charge is 2.33. The van der Waals surface area contributed by atoms with Gasteiger partial charge in [0.25, 0.3) is 5.56 Å². The van der Waals surface area contributed by atoms with Crippen LogP contribution in [0.3, 0.4) is 0 Å². The molecule has 8 nitrogen and oxygen atoms in total. The first-order chi connectivity index (χ1) is 18.7. The minimum absolute atomic E-state index is 0.141. The van der Waals surface area contributed by atoms with Crippen molar-refractivity contribution in [1.82, 2.24) is 4.57 Å². The number of hydrogen-bond donors (Lipinski definition) is 0. The molecule has 0 aliphatic carbocycles. The maximum atomic E-state index is 13.8. The minimum atomic E-state index is -0.774. The number of carbonyl (C=O) groups excluding carboxylic acids is 2. The Labute approximate surface area is 230 Å². The fourth-order valence-electron chi connectivity index (χ4n) is 4.10. The summed E-state index contributed by atoms with van der Waals surface area (Å²) >= 11 is 1.24. The van der Waals surface area contributed by atoms with Gasteiger partial charge in [0.2, 0.25) is 0 Å². The lowest BCUT2D eigenvalue weighted by atomic mass is 9.95. The monoisotopic (exact) mass is 546 g/mol. The molecule has 4 rings (SSSR count). The number of esters is 2. The molecule has 1 atom stereocenters. The zero-order valence-corrected chi connectivity index (χ0v) is 23.1. The van der Waals surface area contributed by atoms with E-state index in [4.69, 9.17) is 14.2 Å². The Kier molecular flexibility index (Phi) is 8.61. The molecule has 3 aromatic rings. The Morgan fingerprint density at radius 3 is 2.41 bits per heavy atom. The molecule has 2 heterocycles. The molecule has 0 amide bonds. The topological polar surface area (TPSA) is 96.2 Å². The molecule has 2 aromatic carbocycles. The Morgan fingerprint density at radius 1 is 1.10 bits per heavy atom. The number of aromatic nitrogens is 1. The molecule has 0 fully saturated rings. The zero-order valence-electron chi connectivity index (χ0n) is 22.3. The van der Waals surface area contributed by atoms with Gasteiger partial charge in [0.1, 0.15) is 12.4 Å². The van der Waals surface area contributed by atoms with Gasteiger partial charge in [-0.1, -0.05) is 62.1 Å². The summed E-state index contributed by atoms with van der Waals surface area (Å²) in [5, 5.41) is 0. The van der Waals surface area contributed by atoms with E-state index in [1.54, 1.807) is 43.3 Å². The molecule has 0 saturated carbocycles. The van der Waals surface area contributed by atoms with Gasteiger partial charge in [-0.3, -0.25) is 9.36 Å². The SMILES string of the molecule is C=CCOc1ccc(C=c2sc3n(c2=O)C(c2ccc(C(=O)OC)cc2)C(C(=O)OCC(C)C)=C(C)N=3)cc1. The van der Waals surface area contributed by atoms with E-state index in [0.29, 0.717) is 38.5 Å². The van der Waals surface area contributed by atoms with Gasteiger partial charge in [0.05, 0.1) is 41.1 Å². The predicted molar refractivity (Wildman–Crippen MR) is 149 cm³/mol. The number of hydrogen-bond acceptors (Lipinski definition) is 8. The number of allylic oxidation sites excluding steroid dienone is 1. The van der Waals surface area contributed by atoms with E-state index >= 15 is 0 Å². The highest BCUT2D eigenvalue weighted by Crippen LogP contribution is 2.31. The molecule has 39 heavy (non-hydrogen) atoms. The summed E-state index contributed by atoms with van der Waals surface area (Å²) in [6, 6.07) is 13.2. The maximum Gasteiger partial charge on any atom is 0.338 e. The second-order valence-corrected chi connectivity index (χ2v) is 10.4. The van der Waals surface area contributed by atoms with Crippen LogP contribution in [0.4, 0.5) is 0 Å². The van der Waals surface area contributed by atoms with Crippen LogP contribution in [0.15, 0.2) is 82.2 Å². The molecule has 0 saturated heterocycles. The number of ether oxygens (including phenoxy) is 3. The lowest BCUT2D eigenvalue weighted by Gasteiger charge is -2.25. The van der Waals surface area contributed by atoms with Crippen molar-refractivity contribution in [2.24, 2.45) is 10.9 Å². The number of rotatable bonds is 9. The van der Waals surface area contributed by atoms with E-state index in [1.807, 2.05) is 38.1 Å². The summed E-state index contributed by atoms with van der Waals surface area (Å²) in [7, 11) is 1.31. The molecule has 0 bridgehead atoms. The smallest absolute Gasteiger partial charge is 0.338 e. The number of methoxy groups -OCH3 is 1. The third kappa shape index (κ3) is 6.09. The zero-order chi connectivity index (χ0) is 28.1. The van der Waals surface area contributed by atoms with Crippen LogP contribution in [0.2, 0.25) is 0 Å². The quantitative estimate of drug-likeness (QED) is 0.299. The molecule has 9 heteroatoms. The van der Waals surface area contributed by atoms with E-state index in [1.165, 1.54) is 23.0 Å². The number of nitrogens with zero attached hydrogens (tertiary/aromatic N) is 2. The van der Waals surface area contributed by atoms with Crippen molar-refractivity contribution in [3.63, 3.8) is 0 Å². The molecular formula is C30H30N2O6S. The molecule has 0 N–H and O–H groups in total. The van der Waals surface area contributed by atoms with Crippen molar-refractivity contribution < 1.29 is 23.8 Å².